The van der Waals surface area contributed by atoms with Gasteiger partial charge in [0.25, 0.3) is 0 Å². The van der Waals surface area contributed by atoms with Gasteiger partial charge in [0.05, 0.1) is 23.8 Å². The van der Waals surface area contributed by atoms with E-state index in [4.69, 9.17) is 5.11 Å². The Kier molecular flexibility index (Phi) is 4.10. The van der Waals surface area contributed by atoms with Crippen molar-refractivity contribution in [2.45, 2.75) is 12.3 Å². The Bertz CT molecular complexity index is 602. The van der Waals surface area contributed by atoms with Gasteiger partial charge >= 0.3 is 6.18 Å². The summed E-state index contributed by atoms with van der Waals surface area (Å²) in [5, 5.41) is 21.4. The molecule has 1 atom stereocenters. The zero-order chi connectivity index (χ0) is 14.8. The van der Waals surface area contributed by atoms with E-state index in [1.165, 1.54) is 12.3 Å². The Morgan fingerprint density at radius 1 is 1.25 bits per heavy atom. The number of hydrogen-bond donors (Lipinski definition) is 3. The second-order valence-electron chi connectivity index (χ2n) is 4.31. The minimum absolute atomic E-state index is 0.0939. The highest BCUT2D eigenvalue weighted by atomic mass is 19.4. The molecule has 2 rings (SSSR count). The Balaban J connectivity index is 2.34. The molecule has 1 aromatic heterocycles. The van der Waals surface area contributed by atoms with Crippen molar-refractivity contribution in [1.29, 1.82) is 0 Å². The second kappa shape index (κ2) is 5.64. The van der Waals surface area contributed by atoms with Crippen LogP contribution in [-0.4, -0.2) is 34.5 Å². The van der Waals surface area contributed by atoms with Crippen molar-refractivity contribution in [3.05, 3.63) is 36.0 Å². The van der Waals surface area contributed by atoms with E-state index in [0.717, 1.165) is 12.1 Å². The van der Waals surface area contributed by atoms with Crippen LogP contribution < -0.4 is 5.32 Å². The summed E-state index contributed by atoms with van der Waals surface area (Å²) in [5.74, 6) is 0. The molecule has 0 radical (unpaired) electrons. The molecule has 1 aromatic carbocycles. The molecule has 0 saturated carbocycles. The van der Waals surface area contributed by atoms with Gasteiger partial charge in [-0.25, -0.2) is 0 Å². The molecular weight excluding hydrogens is 273 g/mol. The lowest BCUT2D eigenvalue weighted by Crippen LogP contribution is -2.23. The van der Waals surface area contributed by atoms with E-state index in [-0.39, 0.29) is 12.1 Å². The monoisotopic (exact) mass is 286 g/mol. The summed E-state index contributed by atoms with van der Waals surface area (Å²) >= 11 is 0. The third-order valence-electron chi connectivity index (χ3n) is 2.81. The van der Waals surface area contributed by atoms with Crippen LogP contribution in [0.5, 0.6) is 0 Å². The number of alkyl halides is 3. The first kappa shape index (κ1) is 14.5. The molecule has 0 unspecified atom stereocenters. The number of nitrogens with one attached hydrogen (secondary N) is 1. The summed E-state index contributed by atoms with van der Waals surface area (Å²) in [6.45, 7) is -0.301. The van der Waals surface area contributed by atoms with E-state index in [0.29, 0.717) is 11.1 Å². The van der Waals surface area contributed by atoms with Crippen molar-refractivity contribution in [2.24, 2.45) is 0 Å². The van der Waals surface area contributed by atoms with Crippen LogP contribution in [0.25, 0.3) is 10.9 Å². The van der Waals surface area contributed by atoms with Crippen molar-refractivity contribution in [1.82, 2.24) is 4.98 Å². The maximum atomic E-state index is 12.6. The fraction of sp³-hybridized carbons (Fsp3) is 0.308. The van der Waals surface area contributed by atoms with Crippen LogP contribution in [0, 0.1) is 0 Å². The largest absolute Gasteiger partial charge is 0.416 e. The van der Waals surface area contributed by atoms with Gasteiger partial charge in [-0.15, -0.1) is 0 Å². The first-order valence-electron chi connectivity index (χ1n) is 5.90. The van der Waals surface area contributed by atoms with E-state index in [1.54, 1.807) is 6.07 Å². The summed E-state index contributed by atoms with van der Waals surface area (Å²) in [6.07, 6.45) is -3.96. The van der Waals surface area contributed by atoms with Crippen molar-refractivity contribution in [2.75, 3.05) is 18.5 Å². The van der Waals surface area contributed by atoms with Gasteiger partial charge in [0.15, 0.2) is 0 Å². The number of aromatic nitrogens is 1. The highest BCUT2D eigenvalue weighted by Gasteiger charge is 2.30. The second-order valence-corrected chi connectivity index (χ2v) is 4.31. The Labute approximate surface area is 112 Å². The van der Waals surface area contributed by atoms with Crippen molar-refractivity contribution in [3.8, 4) is 0 Å². The van der Waals surface area contributed by atoms with Gasteiger partial charge in [-0.1, -0.05) is 6.07 Å². The minimum atomic E-state index is -4.41. The summed E-state index contributed by atoms with van der Waals surface area (Å²) in [4.78, 5) is 3.91. The number of pyridine rings is 1. The summed E-state index contributed by atoms with van der Waals surface area (Å²) in [5.41, 5.74) is 0.00424. The molecule has 0 saturated heterocycles. The maximum absolute atomic E-state index is 12.6. The molecule has 0 aliphatic carbocycles. The van der Waals surface area contributed by atoms with Crippen LogP contribution in [0.4, 0.5) is 18.9 Å². The third kappa shape index (κ3) is 3.17. The molecule has 7 heteroatoms. The molecule has 0 spiro atoms. The predicted octanol–water partition coefficient (Wildman–Crippen LogP) is 2.02. The lowest BCUT2D eigenvalue weighted by Gasteiger charge is -2.13. The van der Waals surface area contributed by atoms with Crippen LogP contribution >= 0.6 is 0 Å². The number of anilines is 1. The number of hydrogen-bond acceptors (Lipinski definition) is 4. The number of aliphatic hydroxyl groups is 2. The minimum Gasteiger partial charge on any atom is -0.394 e. The Hall–Kier alpha value is -1.86. The zero-order valence-corrected chi connectivity index (χ0v) is 10.4. The lowest BCUT2D eigenvalue weighted by atomic mass is 10.1. The smallest absolute Gasteiger partial charge is 0.394 e. The average molecular weight is 286 g/mol. The molecule has 4 nitrogen and oxygen atoms in total. The molecule has 0 aliphatic heterocycles. The number of rotatable bonds is 4. The molecule has 0 aliphatic rings. The molecule has 2 aromatic rings. The van der Waals surface area contributed by atoms with E-state index < -0.39 is 24.5 Å². The fourth-order valence-corrected chi connectivity index (χ4v) is 1.77. The summed E-state index contributed by atoms with van der Waals surface area (Å²) < 4.78 is 37.8. The van der Waals surface area contributed by atoms with Gasteiger partial charge < -0.3 is 15.5 Å². The molecule has 0 bridgehead atoms. The number of fused-ring (bicyclic) bond motifs is 1. The van der Waals surface area contributed by atoms with Crippen LogP contribution in [0.3, 0.4) is 0 Å². The molecular formula is C13H13F3N2O2. The SMILES string of the molecule is OC[C@@H](O)CNc1ccnc2cc(C(F)(F)F)ccc12. The van der Waals surface area contributed by atoms with Crippen molar-refractivity contribution < 1.29 is 23.4 Å². The van der Waals surface area contributed by atoms with Crippen LogP contribution in [0.2, 0.25) is 0 Å². The molecule has 0 amide bonds. The molecule has 20 heavy (non-hydrogen) atoms. The van der Waals surface area contributed by atoms with Crippen LogP contribution in [0.15, 0.2) is 30.5 Å². The third-order valence-corrected chi connectivity index (χ3v) is 2.81. The molecule has 1 heterocycles. The normalized spacial score (nSPS) is 13.4. The molecule has 0 fully saturated rings. The lowest BCUT2D eigenvalue weighted by molar-refractivity contribution is -0.137. The Morgan fingerprint density at radius 3 is 2.65 bits per heavy atom. The van der Waals surface area contributed by atoms with Gasteiger partial charge in [-0.3, -0.25) is 4.98 Å². The highest BCUT2D eigenvalue weighted by molar-refractivity contribution is 5.91. The average Bonchev–Trinajstić information content (AvgIpc) is 2.43. The maximum Gasteiger partial charge on any atom is 0.416 e. The standard InChI is InChI=1S/C13H13F3N2O2/c14-13(15,16)8-1-2-10-11(18-6-9(20)7-19)3-4-17-12(10)5-8/h1-5,9,19-20H,6-7H2,(H,17,18)/t9-/m0/s1. The van der Waals surface area contributed by atoms with Gasteiger partial charge in [-0.2, -0.15) is 13.2 Å². The van der Waals surface area contributed by atoms with Gasteiger partial charge in [0.1, 0.15) is 0 Å². The van der Waals surface area contributed by atoms with Gasteiger partial charge in [0, 0.05) is 23.8 Å². The topological polar surface area (TPSA) is 65.4 Å². The number of benzene rings is 1. The number of nitrogens with zero attached hydrogens (tertiary/aromatic N) is 1. The Morgan fingerprint density at radius 2 is 2.00 bits per heavy atom. The summed E-state index contributed by atoms with van der Waals surface area (Å²) in [6, 6.07) is 4.89. The highest BCUT2D eigenvalue weighted by Crippen LogP contribution is 2.32. The van der Waals surface area contributed by atoms with Crippen molar-refractivity contribution >= 4 is 16.6 Å². The molecule has 3 N–H and O–H groups in total. The van der Waals surface area contributed by atoms with E-state index in [2.05, 4.69) is 10.3 Å². The quantitative estimate of drug-likeness (QED) is 0.804. The first-order valence-corrected chi connectivity index (χ1v) is 5.90. The van der Waals surface area contributed by atoms with Gasteiger partial charge in [0.2, 0.25) is 0 Å². The van der Waals surface area contributed by atoms with E-state index in [1.807, 2.05) is 0 Å². The first-order chi connectivity index (χ1) is 9.41. The fourth-order valence-electron chi connectivity index (χ4n) is 1.77. The van der Waals surface area contributed by atoms with E-state index >= 15 is 0 Å². The number of halogens is 3. The number of aliphatic hydroxyl groups excluding tert-OH is 2. The van der Waals surface area contributed by atoms with Crippen molar-refractivity contribution in [3.63, 3.8) is 0 Å². The van der Waals surface area contributed by atoms with E-state index in [9.17, 15) is 18.3 Å². The predicted molar refractivity (Wildman–Crippen MR) is 68.3 cm³/mol. The zero-order valence-electron chi connectivity index (χ0n) is 10.4. The van der Waals surface area contributed by atoms with Crippen LogP contribution in [-0.2, 0) is 6.18 Å². The van der Waals surface area contributed by atoms with Crippen LogP contribution in [0.1, 0.15) is 5.56 Å². The summed E-state index contributed by atoms with van der Waals surface area (Å²) in [7, 11) is 0. The van der Waals surface area contributed by atoms with Gasteiger partial charge in [-0.05, 0) is 18.2 Å². The molecule has 108 valence electrons.